The van der Waals surface area contributed by atoms with Gasteiger partial charge in [-0.2, -0.15) is 0 Å². The summed E-state index contributed by atoms with van der Waals surface area (Å²) in [4.78, 5) is 0.474. The molecule has 114 valence electrons. The maximum absolute atomic E-state index is 12.6. The molecular formula is C16H27NO2S. The van der Waals surface area contributed by atoms with Gasteiger partial charge in [-0.15, -0.1) is 0 Å². The van der Waals surface area contributed by atoms with Crippen LogP contribution in [0.25, 0.3) is 0 Å². The molecule has 0 aliphatic carbocycles. The van der Waals surface area contributed by atoms with Gasteiger partial charge in [0.15, 0.2) is 9.84 Å². The summed E-state index contributed by atoms with van der Waals surface area (Å²) >= 11 is 0. The molecule has 0 bridgehead atoms. The SMILES string of the molecule is CCCNC(CS(=O)(=O)c1cc(C)ccc1C)C(C)C. The van der Waals surface area contributed by atoms with Gasteiger partial charge in [-0.1, -0.05) is 32.9 Å². The van der Waals surface area contributed by atoms with Crippen LogP contribution >= 0.6 is 0 Å². The van der Waals surface area contributed by atoms with E-state index < -0.39 is 9.84 Å². The number of hydrogen-bond acceptors (Lipinski definition) is 3. The zero-order chi connectivity index (χ0) is 15.3. The number of rotatable bonds is 7. The molecule has 0 heterocycles. The van der Waals surface area contributed by atoms with E-state index in [1.54, 1.807) is 6.07 Å². The second-order valence-corrected chi connectivity index (χ2v) is 7.86. The fourth-order valence-corrected chi connectivity index (χ4v) is 4.26. The largest absolute Gasteiger partial charge is 0.313 e. The van der Waals surface area contributed by atoms with Gasteiger partial charge in [0.2, 0.25) is 0 Å². The van der Waals surface area contributed by atoms with Crippen molar-refractivity contribution in [3.05, 3.63) is 29.3 Å². The summed E-state index contributed by atoms with van der Waals surface area (Å²) in [7, 11) is -3.25. The van der Waals surface area contributed by atoms with E-state index in [9.17, 15) is 8.42 Å². The average Bonchev–Trinajstić information content (AvgIpc) is 2.36. The molecule has 1 aromatic rings. The van der Waals surface area contributed by atoms with Crippen LogP contribution in [-0.2, 0) is 9.84 Å². The second-order valence-electron chi connectivity index (χ2n) is 5.86. The van der Waals surface area contributed by atoms with Gasteiger partial charge in [-0.05, 0) is 49.9 Å². The van der Waals surface area contributed by atoms with E-state index in [2.05, 4.69) is 26.1 Å². The van der Waals surface area contributed by atoms with E-state index in [0.717, 1.165) is 24.1 Å². The van der Waals surface area contributed by atoms with Gasteiger partial charge in [0.1, 0.15) is 0 Å². The second kappa shape index (κ2) is 7.23. The Morgan fingerprint density at radius 2 is 1.85 bits per heavy atom. The number of sulfone groups is 1. The fraction of sp³-hybridized carbons (Fsp3) is 0.625. The standard InChI is InChI=1S/C16H27NO2S/c1-6-9-17-15(12(2)3)11-20(18,19)16-10-13(4)7-8-14(16)5/h7-8,10,12,15,17H,6,9,11H2,1-5H3. The highest BCUT2D eigenvalue weighted by atomic mass is 32.2. The van der Waals surface area contributed by atoms with Crippen LogP contribution in [0.15, 0.2) is 23.1 Å². The molecule has 0 aliphatic rings. The molecule has 1 unspecified atom stereocenters. The average molecular weight is 297 g/mol. The highest BCUT2D eigenvalue weighted by Gasteiger charge is 2.24. The molecule has 1 atom stereocenters. The van der Waals surface area contributed by atoms with Crippen molar-refractivity contribution in [2.45, 2.75) is 52.0 Å². The summed E-state index contributed by atoms with van der Waals surface area (Å²) < 4.78 is 25.3. The molecule has 1 rings (SSSR count). The van der Waals surface area contributed by atoms with E-state index in [1.807, 2.05) is 26.0 Å². The van der Waals surface area contributed by atoms with Crippen molar-refractivity contribution in [2.24, 2.45) is 5.92 Å². The van der Waals surface area contributed by atoms with Gasteiger partial charge in [-0.3, -0.25) is 0 Å². The minimum Gasteiger partial charge on any atom is -0.313 e. The van der Waals surface area contributed by atoms with Crippen LogP contribution in [0.1, 0.15) is 38.3 Å². The molecule has 3 nitrogen and oxygen atoms in total. The smallest absolute Gasteiger partial charge is 0.180 e. The third-order valence-electron chi connectivity index (χ3n) is 3.54. The van der Waals surface area contributed by atoms with Crippen molar-refractivity contribution in [3.63, 3.8) is 0 Å². The molecule has 0 spiro atoms. The van der Waals surface area contributed by atoms with E-state index in [1.165, 1.54) is 0 Å². The van der Waals surface area contributed by atoms with Crippen molar-refractivity contribution >= 4 is 9.84 Å². The zero-order valence-electron chi connectivity index (χ0n) is 13.2. The predicted octanol–water partition coefficient (Wildman–Crippen LogP) is 3.10. The normalized spacial score (nSPS) is 13.7. The molecule has 0 saturated heterocycles. The van der Waals surface area contributed by atoms with Crippen LogP contribution in [0, 0.1) is 19.8 Å². The Balaban J connectivity index is 3.00. The first kappa shape index (κ1) is 17.2. The first-order valence-electron chi connectivity index (χ1n) is 7.31. The van der Waals surface area contributed by atoms with E-state index in [-0.39, 0.29) is 11.8 Å². The van der Waals surface area contributed by atoms with Crippen molar-refractivity contribution in [2.75, 3.05) is 12.3 Å². The third kappa shape index (κ3) is 4.60. The predicted molar refractivity (Wildman–Crippen MR) is 84.9 cm³/mol. The van der Waals surface area contributed by atoms with E-state index in [4.69, 9.17) is 0 Å². The maximum atomic E-state index is 12.6. The monoisotopic (exact) mass is 297 g/mol. The summed E-state index contributed by atoms with van der Waals surface area (Å²) in [5, 5.41) is 3.35. The van der Waals surface area contributed by atoms with Crippen LogP contribution in [0.5, 0.6) is 0 Å². The van der Waals surface area contributed by atoms with Crippen molar-refractivity contribution < 1.29 is 8.42 Å². The van der Waals surface area contributed by atoms with Crippen LogP contribution in [-0.4, -0.2) is 26.8 Å². The van der Waals surface area contributed by atoms with Crippen molar-refractivity contribution in [1.82, 2.24) is 5.32 Å². The Bertz CT molecular complexity index is 535. The van der Waals surface area contributed by atoms with Crippen LogP contribution in [0.4, 0.5) is 0 Å². The molecule has 0 amide bonds. The lowest BCUT2D eigenvalue weighted by Gasteiger charge is -2.22. The molecule has 0 saturated carbocycles. The van der Waals surface area contributed by atoms with Gasteiger partial charge < -0.3 is 5.32 Å². The Labute approximate surface area is 123 Å². The summed E-state index contributed by atoms with van der Waals surface area (Å²) in [6, 6.07) is 5.61. The van der Waals surface area contributed by atoms with Crippen molar-refractivity contribution in [3.8, 4) is 0 Å². The molecule has 4 heteroatoms. The Kier molecular flexibility index (Phi) is 6.21. The van der Waals surface area contributed by atoms with Crippen LogP contribution < -0.4 is 5.32 Å². The lowest BCUT2D eigenvalue weighted by molar-refractivity contribution is 0.426. The lowest BCUT2D eigenvalue weighted by atomic mass is 10.1. The molecule has 0 aromatic heterocycles. The molecule has 0 radical (unpaired) electrons. The van der Waals surface area contributed by atoms with Crippen LogP contribution in [0.3, 0.4) is 0 Å². The van der Waals surface area contributed by atoms with E-state index in [0.29, 0.717) is 10.8 Å². The van der Waals surface area contributed by atoms with E-state index >= 15 is 0 Å². The molecular weight excluding hydrogens is 270 g/mol. The lowest BCUT2D eigenvalue weighted by Crippen LogP contribution is -2.40. The van der Waals surface area contributed by atoms with Gasteiger partial charge in [0.05, 0.1) is 10.6 Å². The maximum Gasteiger partial charge on any atom is 0.180 e. The topological polar surface area (TPSA) is 46.2 Å². The van der Waals surface area contributed by atoms with Crippen LogP contribution in [0.2, 0.25) is 0 Å². The first-order chi connectivity index (χ1) is 9.27. The summed E-state index contributed by atoms with van der Waals surface area (Å²) in [5.74, 6) is 0.455. The first-order valence-corrected chi connectivity index (χ1v) is 8.96. The molecule has 20 heavy (non-hydrogen) atoms. The highest BCUT2D eigenvalue weighted by molar-refractivity contribution is 7.91. The number of nitrogens with one attached hydrogen (secondary N) is 1. The zero-order valence-corrected chi connectivity index (χ0v) is 14.0. The number of aryl methyl sites for hydroxylation is 2. The minimum atomic E-state index is -3.25. The highest BCUT2D eigenvalue weighted by Crippen LogP contribution is 2.20. The third-order valence-corrected chi connectivity index (χ3v) is 5.45. The molecule has 0 aliphatic heterocycles. The quantitative estimate of drug-likeness (QED) is 0.841. The molecule has 1 aromatic carbocycles. The summed E-state index contributed by atoms with van der Waals surface area (Å²) in [6.07, 6.45) is 1.01. The summed E-state index contributed by atoms with van der Waals surface area (Å²) in [6.45, 7) is 10.8. The number of benzene rings is 1. The van der Waals surface area contributed by atoms with Gasteiger partial charge in [0, 0.05) is 6.04 Å². The molecule has 1 N–H and O–H groups in total. The number of hydrogen-bond donors (Lipinski definition) is 1. The summed E-state index contributed by atoms with van der Waals surface area (Å²) in [5.41, 5.74) is 1.81. The van der Waals surface area contributed by atoms with Gasteiger partial charge in [0.25, 0.3) is 0 Å². The molecule has 0 fully saturated rings. The van der Waals surface area contributed by atoms with Gasteiger partial charge in [-0.25, -0.2) is 8.42 Å². The fourth-order valence-electron chi connectivity index (χ4n) is 2.19. The minimum absolute atomic E-state index is 0.000128. The Hall–Kier alpha value is -0.870. The Morgan fingerprint density at radius 1 is 1.20 bits per heavy atom. The van der Waals surface area contributed by atoms with Crippen molar-refractivity contribution in [1.29, 1.82) is 0 Å². The van der Waals surface area contributed by atoms with Gasteiger partial charge >= 0.3 is 0 Å². The Morgan fingerprint density at radius 3 is 2.40 bits per heavy atom.